The second-order valence-corrected chi connectivity index (χ2v) is 5.54. The third-order valence-electron chi connectivity index (χ3n) is 3.97. The molecule has 3 rings (SSSR count). The molecule has 0 radical (unpaired) electrons. The van der Waals surface area contributed by atoms with Crippen molar-refractivity contribution in [3.05, 3.63) is 56.3 Å². The molecule has 122 valence electrons. The van der Waals surface area contributed by atoms with Crippen molar-refractivity contribution in [1.82, 2.24) is 14.5 Å². The molecule has 1 fully saturated rings. The van der Waals surface area contributed by atoms with Crippen molar-refractivity contribution in [3.8, 4) is 0 Å². The minimum atomic E-state index is -1.31. The first kappa shape index (κ1) is 15.3. The lowest BCUT2D eigenvalue weighted by Crippen LogP contribution is -2.41. The molecule has 8 nitrogen and oxygen atoms in total. The maximum atomic E-state index is 12.6. The van der Waals surface area contributed by atoms with E-state index in [4.69, 9.17) is 4.42 Å². The average molecular weight is 319 g/mol. The van der Waals surface area contributed by atoms with Crippen LogP contribution in [0, 0.1) is 0 Å². The fraction of sp³-hybridized carbons (Fsp3) is 0.400. The summed E-state index contributed by atoms with van der Waals surface area (Å²) in [6.45, 7) is 1.81. The Morgan fingerprint density at radius 1 is 1.26 bits per heavy atom. The standard InChI is InChI=1S/C15H17N3O5/c19-13-11(9-17-5-1-2-6-17)12(14(20)21)16-15(22)18(13)8-10-4-3-7-23-10/h3-4,7H,1-2,5-6,8-9H2,(H,16,22)(H,20,21). The molecular weight excluding hydrogens is 302 g/mol. The number of likely N-dealkylation sites (tertiary alicyclic amines) is 1. The molecule has 1 aliphatic heterocycles. The van der Waals surface area contributed by atoms with Gasteiger partial charge in [0.1, 0.15) is 11.5 Å². The van der Waals surface area contributed by atoms with Gasteiger partial charge in [-0.1, -0.05) is 0 Å². The van der Waals surface area contributed by atoms with Crippen molar-refractivity contribution in [2.75, 3.05) is 13.1 Å². The van der Waals surface area contributed by atoms with Crippen molar-refractivity contribution < 1.29 is 14.3 Å². The summed E-state index contributed by atoms with van der Waals surface area (Å²) in [5, 5.41) is 9.28. The molecule has 2 N–H and O–H groups in total. The number of nitrogens with one attached hydrogen (secondary N) is 1. The number of rotatable bonds is 5. The molecule has 8 heteroatoms. The minimum absolute atomic E-state index is 0.0337. The summed E-state index contributed by atoms with van der Waals surface area (Å²) in [6, 6.07) is 3.31. The Kier molecular flexibility index (Phi) is 4.16. The fourth-order valence-corrected chi connectivity index (χ4v) is 2.81. The Morgan fingerprint density at radius 3 is 2.61 bits per heavy atom. The molecule has 3 heterocycles. The van der Waals surface area contributed by atoms with E-state index >= 15 is 0 Å². The van der Waals surface area contributed by atoms with Gasteiger partial charge in [0.2, 0.25) is 0 Å². The summed E-state index contributed by atoms with van der Waals surface area (Å²) in [7, 11) is 0. The molecule has 0 spiro atoms. The zero-order chi connectivity index (χ0) is 16.4. The van der Waals surface area contributed by atoms with Crippen molar-refractivity contribution in [1.29, 1.82) is 0 Å². The number of furan rings is 1. The monoisotopic (exact) mass is 319 g/mol. The quantitative estimate of drug-likeness (QED) is 0.829. The summed E-state index contributed by atoms with van der Waals surface area (Å²) in [4.78, 5) is 40.4. The molecule has 0 unspecified atom stereocenters. The molecule has 1 saturated heterocycles. The maximum absolute atomic E-state index is 12.6. The van der Waals surface area contributed by atoms with Gasteiger partial charge >= 0.3 is 11.7 Å². The van der Waals surface area contributed by atoms with Crippen LogP contribution in [0.2, 0.25) is 0 Å². The largest absolute Gasteiger partial charge is 0.477 e. The normalized spacial score (nSPS) is 15.1. The molecule has 0 aromatic carbocycles. The summed E-state index contributed by atoms with van der Waals surface area (Å²) >= 11 is 0. The number of aromatic nitrogens is 2. The lowest BCUT2D eigenvalue weighted by Gasteiger charge is -2.16. The third-order valence-corrected chi connectivity index (χ3v) is 3.97. The highest BCUT2D eigenvalue weighted by atomic mass is 16.4. The van der Waals surface area contributed by atoms with Gasteiger partial charge in [-0.3, -0.25) is 14.3 Å². The van der Waals surface area contributed by atoms with Crippen LogP contribution in [0.1, 0.15) is 34.7 Å². The first-order valence-electron chi connectivity index (χ1n) is 7.40. The second-order valence-electron chi connectivity index (χ2n) is 5.54. The Balaban J connectivity index is 2.05. The number of nitrogens with zero attached hydrogens (tertiary/aromatic N) is 2. The minimum Gasteiger partial charge on any atom is -0.477 e. The molecule has 2 aromatic heterocycles. The molecule has 0 saturated carbocycles. The highest BCUT2D eigenvalue weighted by Crippen LogP contribution is 2.12. The van der Waals surface area contributed by atoms with Crippen LogP contribution in [0.15, 0.2) is 32.4 Å². The number of H-pyrrole nitrogens is 1. The van der Waals surface area contributed by atoms with E-state index in [9.17, 15) is 19.5 Å². The highest BCUT2D eigenvalue weighted by Gasteiger charge is 2.22. The molecule has 0 bridgehead atoms. The number of carboxylic acid groups (broad SMARTS) is 1. The van der Waals surface area contributed by atoms with E-state index in [2.05, 4.69) is 4.98 Å². The second kappa shape index (κ2) is 6.25. The lowest BCUT2D eigenvalue weighted by molar-refractivity contribution is 0.0686. The van der Waals surface area contributed by atoms with E-state index in [-0.39, 0.29) is 24.3 Å². The van der Waals surface area contributed by atoms with Crippen molar-refractivity contribution in [2.24, 2.45) is 0 Å². The Bertz CT molecular complexity index is 813. The van der Waals surface area contributed by atoms with Crippen molar-refractivity contribution >= 4 is 5.97 Å². The van der Waals surface area contributed by atoms with Gasteiger partial charge in [-0.2, -0.15) is 0 Å². The number of hydrogen-bond donors (Lipinski definition) is 2. The topological polar surface area (TPSA) is 109 Å². The van der Waals surface area contributed by atoms with Crippen LogP contribution in [0.5, 0.6) is 0 Å². The van der Waals surface area contributed by atoms with Crippen LogP contribution in [0.3, 0.4) is 0 Å². The molecule has 0 atom stereocenters. The molecule has 2 aromatic rings. The van der Waals surface area contributed by atoms with Crippen LogP contribution in [-0.4, -0.2) is 38.6 Å². The van der Waals surface area contributed by atoms with E-state index in [1.54, 1.807) is 12.1 Å². The van der Waals surface area contributed by atoms with Gasteiger partial charge in [0.05, 0.1) is 18.4 Å². The predicted octanol–water partition coefficient (Wildman–Crippen LogP) is 0.472. The smallest absolute Gasteiger partial charge is 0.352 e. The SMILES string of the molecule is O=C(O)c1[nH]c(=O)n(Cc2ccco2)c(=O)c1CN1CCCC1. The average Bonchev–Trinajstić information content (AvgIpc) is 3.19. The first-order valence-corrected chi connectivity index (χ1v) is 7.40. The van der Waals surface area contributed by atoms with Gasteiger partial charge in [0, 0.05) is 6.54 Å². The predicted molar refractivity (Wildman–Crippen MR) is 80.6 cm³/mol. The van der Waals surface area contributed by atoms with Gasteiger partial charge in [0.15, 0.2) is 0 Å². The first-order chi connectivity index (χ1) is 11.1. The van der Waals surface area contributed by atoms with Crippen LogP contribution in [0.25, 0.3) is 0 Å². The van der Waals surface area contributed by atoms with E-state index in [1.807, 2.05) is 4.90 Å². The summed E-state index contributed by atoms with van der Waals surface area (Å²) in [6.07, 6.45) is 3.49. The number of aromatic amines is 1. The molecular formula is C15H17N3O5. The summed E-state index contributed by atoms with van der Waals surface area (Å²) in [5.41, 5.74) is -1.57. The zero-order valence-corrected chi connectivity index (χ0v) is 12.4. The lowest BCUT2D eigenvalue weighted by atomic mass is 10.2. The Morgan fingerprint density at radius 2 is 2.00 bits per heavy atom. The third kappa shape index (κ3) is 3.11. The highest BCUT2D eigenvalue weighted by molar-refractivity contribution is 5.86. The number of aromatic carboxylic acids is 1. The van der Waals surface area contributed by atoms with E-state index in [0.717, 1.165) is 30.5 Å². The van der Waals surface area contributed by atoms with Gasteiger partial charge in [0.25, 0.3) is 5.56 Å². The zero-order valence-electron chi connectivity index (χ0n) is 12.4. The molecule has 0 amide bonds. The maximum Gasteiger partial charge on any atom is 0.352 e. The van der Waals surface area contributed by atoms with Gasteiger partial charge < -0.3 is 14.5 Å². The number of carboxylic acids is 1. The van der Waals surface area contributed by atoms with E-state index in [0.29, 0.717) is 5.76 Å². The van der Waals surface area contributed by atoms with Gasteiger partial charge in [-0.25, -0.2) is 9.59 Å². The molecule has 23 heavy (non-hydrogen) atoms. The fourth-order valence-electron chi connectivity index (χ4n) is 2.81. The van der Waals surface area contributed by atoms with E-state index in [1.165, 1.54) is 6.26 Å². The Labute approximate surface area is 131 Å². The van der Waals surface area contributed by atoms with E-state index < -0.39 is 17.2 Å². The Hall–Kier alpha value is -2.61. The van der Waals surface area contributed by atoms with Crippen LogP contribution in [-0.2, 0) is 13.1 Å². The number of hydrogen-bond acceptors (Lipinski definition) is 5. The van der Waals surface area contributed by atoms with Crippen LogP contribution in [0.4, 0.5) is 0 Å². The van der Waals surface area contributed by atoms with Gasteiger partial charge in [-0.15, -0.1) is 0 Å². The van der Waals surface area contributed by atoms with Gasteiger partial charge in [-0.05, 0) is 38.1 Å². The molecule has 1 aliphatic rings. The summed E-state index contributed by atoms with van der Waals surface area (Å²) in [5.74, 6) is -0.855. The number of carbonyl (C=O) groups is 1. The molecule has 0 aliphatic carbocycles. The van der Waals surface area contributed by atoms with Crippen LogP contribution >= 0.6 is 0 Å². The summed E-state index contributed by atoms with van der Waals surface area (Å²) < 4.78 is 6.13. The van der Waals surface area contributed by atoms with Crippen molar-refractivity contribution in [3.63, 3.8) is 0 Å². The van der Waals surface area contributed by atoms with Crippen LogP contribution < -0.4 is 11.2 Å². The van der Waals surface area contributed by atoms with Crippen molar-refractivity contribution in [2.45, 2.75) is 25.9 Å².